The summed E-state index contributed by atoms with van der Waals surface area (Å²) in [5, 5.41) is 0. The quantitative estimate of drug-likeness (QED) is 0.757. The lowest BCUT2D eigenvalue weighted by atomic mass is 10.1. The molecule has 0 aliphatic rings. The standard InChI is InChI=1S/C10H11F2NO/c1-3-9(13)7-4-6(11)5-8(12)10(7)14-2/h3-5,9H,1,13H2,2H3. The Balaban J connectivity index is 3.31. The number of hydrogen-bond acceptors (Lipinski definition) is 2. The van der Waals surface area contributed by atoms with Crippen molar-refractivity contribution in [1.29, 1.82) is 0 Å². The van der Waals surface area contributed by atoms with Crippen LogP contribution in [-0.2, 0) is 0 Å². The molecule has 4 heteroatoms. The van der Waals surface area contributed by atoms with Gasteiger partial charge in [0.1, 0.15) is 5.82 Å². The highest BCUT2D eigenvalue weighted by molar-refractivity contribution is 5.39. The van der Waals surface area contributed by atoms with E-state index in [1.54, 1.807) is 0 Å². The minimum Gasteiger partial charge on any atom is -0.493 e. The molecule has 2 nitrogen and oxygen atoms in total. The minimum absolute atomic E-state index is 0.0428. The second-order valence-corrected chi connectivity index (χ2v) is 2.77. The van der Waals surface area contributed by atoms with Gasteiger partial charge in [-0.15, -0.1) is 6.58 Å². The fourth-order valence-corrected chi connectivity index (χ4v) is 1.17. The van der Waals surface area contributed by atoms with Crippen LogP contribution in [0.5, 0.6) is 5.75 Å². The lowest BCUT2D eigenvalue weighted by Gasteiger charge is -2.12. The van der Waals surface area contributed by atoms with Crippen molar-refractivity contribution in [2.45, 2.75) is 6.04 Å². The minimum atomic E-state index is -0.764. The van der Waals surface area contributed by atoms with Crippen molar-refractivity contribution in [3.8, 4) is 5.75 Å². The highest BCUT2D eigenvalue weighted by Gasteiger charge is 2.15. The molecular weight excluding hydrogens is 188 g/mol. The molecule has 76 valence electrons. The van der Waals surface area contributed by atoms with Gasteiger partial charge in [0.15, 0.2) is 11.6 Å². The Morgan fingerprint density at radius 3 is 2.64 bits per heavy atom. The number of nitrogens with two attached hydrogens (primary N) is 1. The van der Waals surface area contributed by atoms with Gasteiger partial charge in [0, 0.05) is 11.6 Å². The van der Waals surface area contributed by atoms with Gasteiger partial charge in [0.2, 0.25) is 0 Å². The zero-order valence-electron chi connectivity index (χ0n) is 7.76. The molecular formula is C10H11F2NO. The molecule has 0 radical (unpaired) electrons. The van der Waals surface area contributed by atoms with E-state index < -0.39 is 17.7 Å². The molecule has 0 fully saturated rings. The van der Waals surface area contributed by atoms with E-state index in [0.717, 1.165) is 12.1 Å². The first-order chi connectivity index (χ1) is 6.60. The molecule has 0 aliphatic heterocycles. The van der Waals surface area contributed by atoms with Crippen LogP contribution in [0.2, 0.25) is 0 Å². The zero-order valence-corrected chi connectivity index (χ0v) is 7.76. The van der Waals surface area contributed by atoms with Crippen LogP contribution in [0.15, 0.2) is 24.8 Å². The average molecular weight is 199 g/mol. The molecule has 1 aromatic carbocycles. The first-order valence-corrected chi connectivity index (χ1v) is 4.01. The van der Waals surface area contributed by atoms with E-state index in [4.69, 9.17) is 10.5 Å². The van der Waals surface area contributed by atoms with Crippen LogP contribution in [0.3, 0.4) is 0 Å². The van der Waals surface area contributed by atoms with Crippen LogP contribution in [0.4, 0.5) is 8.78 Å². The zero-order chi connectivity index (χ0) is 10.7. The van der Waals surface area contributed by atoms with Gasteiger partial charge in [0.25, 0.3) is 0 Å². The molecule has 0 saturated carbocycles. The van der Waals surface area contributed by atoms with Crippen molar-refractivity contribution >= 4 is 0 Å². The van der Waals surface area contributed by atoms with Gasteiger partial charge in [-0.05, 0) is 6.07 Å². The molecule has 0 aromatic heterocycles. The van der Waals surface area contributed by atoms with Crippen LogP contribution in [0, 0.1) is 11.6 Å². The van der Waals surface area contributed by atoms with E-state index in [1.165, 1.54) is 13.2 Å². The van der Waals surface area contributed by atoms with Gasteiger partial charge in [-0.2, -0.15) is 0 Å². The fourth-order valence-electron chi connectivity index (χ4n) is 1.17. The van der Waals surface area contributed by atoms with Crippen LogP contribution in [-0.4, -0.2) is 7.11 Å². The second-order valence-electron chi connectivity index (χ2n) is 2.77. The summed E-state index contributed by atoms with van der Waals surface area (Å²) in [6, 6.07) is 1.24. The Bertz CT molecular complexity index is 352. The summed E-state index contributed by atoms with van der Waals surface area (Å²) < 4.78 is 30.8. The van der Waals surface area contributed by atoms with Gasteiger partial charge in [-0.25, -0.2) is 8.78 Å². The third-order valence-electron chi connectivity index (χ3n) is 1.85. The Hall–Kier alpha value is -1.42. The summed E-state index contributed by atoms with van der Waals surface area (Å²) in [5.41, 5.74) is 5.83. The van der Waals surface area contributed by atoms with E-state index in [9.17, 15) is 8.78 Å². The summed E-state index contributed by atoms with van der Waals surface area (Å²) in [4.78, 5) is 0. The van der Waals surface area contributed by atoms with Crippen molar-refractivity contribution in [3.63, 3.8) is 0 Å². The smallest absolute Gasteiger partial charge is 0.168 e. The Morgan fingerprint density at radius 2 is 2.14 bits per heavy atom. The number of benzene rings is 1. The maximum absolute atomic E-state index is 13.2. The predicted octanol–water partition coefficient (Wildman–Crippen LogP) is 2.16. The topological polar surface area (TPSA) is 35.2 Å². The molecule has 0 aliphatic carbocycles. The molecule has 0 saturated heterocycles. The molecule has 1 aromatic rings. The largest absolute Gasteiger partial charge is 0.493 e. The molecule has 0 spiro atoms. The van der Waals surface area contributed by atoms with Gasteiger partial charge in [0.05, 0.1) is 13.2 Å². The Kier molecular flexibility index (Phi) is 3.19. The fraction of sp³-hybridized carbons (Fsp3) is 0.200. The van der Waals surface area contributed by atoms with Crippen LogP contribution < -0.4 is 10.5 Å². The van der Waals surface area contributed by atoms with Gasteiger partial charge in [-0.1, -0.05) is 6.08 Å². The monoisotopic (exact) mass is 199 g/mol. The summed E-state index contributed by atoms with van der Waals surface area (Å²) in [7, 11) is 1.30. The number of ether oxygens (including phenoxy) is 1. The molecule has 1 rings (SSSR count). The van der Waals surface area contributed by atoms with Crippen LogP contribution in [0.1, 0.15) is 11.6 Å². The lowest BCUT2D eigenvalue weighted by molar-refractivity contribution is 0.377. The normalized spacial score (nSPS) is 12.3. The van der Waals surface area contributed by atoms with E-state index >= 15 is 0 Å². The predicted molar refractivity (Wildman–Crippen MR) is 50.0 cm³/mol. The van der Waals surface area contributed by atoms with E-state index in [-0.39, 0.29) is 11.3 Å². The maximum atomic E-state index is 13.2. The second kappa shape index (κ2) is 4.19. The van der Waals surface area contributed by atoms with Crippen molar-refractivity contribution < 1.29 is 13.5 Å². The van der Waals surface area contributed by atoms with Crippen molar-refractivity contribution in [2.75, 3.05) is 7.11 Å². The first kappa shape index (κ1) is 10.7. The van der Waals surface area contributed by atoms with Crippen molar-refractivity contribution in [2.24, 2.45) is 5.73 Å². The third-order valence-corrected chi connectivity index (χ3v) is 1.85. The van der Waals surface area contributed by atoms with Gasteiger partial charge >= 0.3 is 0 Å². The summed E-state index contributed by atoms with van der Waals surface area (Å²) in [6.07, 6.45) is 1.39. The summed E-state index contributed by atoms with van der Waals surface area (Å²) in [6.45, 7) is 3.45. The van der Waals surface area contributed by atoms with Crippen molar-refractivity contribution in [3.05, 3.63) is 42.0 Å². The number of halogens is 2. The maximum Gasteiger partial charge on any atom is 0.168 e. The number of hydrogen-bond donors (Lipinski definition) is 1. The summed E-state index contributed by atoms with van der Waals surface area (Å²) >= 11 is 0. The molecule has 0 bridgehead atoms. The highest BCUT2D eigenvalue weighted by Crippen LogP contribution is 2.28. The molecule has 1 unspecified atom stereocenters. The highest BCUT2D eigenvalue weighted by atomic mass is 19.1. The van der Waals surface area contributed by atoms with Gasteiger partial charge in [-0.3, -0.25) is 0 Å². The van der Waals surface area contributed by atoms with E-state index in [0.29, 0.717) is 0 Å². The molecule has 0 heterocycles. The van der Waals surface area contributed by atoms with Crippen molar-refractivity contribution in [1.82, 2.24) is 0 Å². The third kappa shape index (κ3) is 1.90. The Morgan fingerprint density at radius 1 is 1.50 bits per heavy atom. The summed E-state index contributed by atoms with van der Waals surface area (Å²) in [5.74, 6) is -1.49. The van der Waals surface area contributed by atoms with Crippen LogP contribution >= 0.6 is 0 Å². The van der Waals surface area contributed by atoms with Gasteiger partial charge < -0.3 is 10.5 Å². The first-order valence-electron chi connectivity index (χ1n) is 4.01. The number of rotatable bonds is 3. The molecule has 2 N–H and O–H groups in total. The number of methoxy groups -OCH3 is 1. The average Bonchev–Trinajstić information content (AvgIpc) is 2.15. The lowest BCUT2D eigenvalue weighted by Crippen LogP contribution is -2.09. The van der Waals surface area contributed by atoms with Crippen LogP contribution in [0.25, 0.3) is 0 Å². The molecule has 1 atom stereocenters. The molecule has 14 heavy (non-hydrogen) atoms. The molecule has 0 amide bonds. The van der Waals surface area contributed by atoms with E-state index in [1.807, 2.05) is 0 Å². The SMILES string of the molecule is C=CC(N)c1cc(F)cc(F)c1OC. The van der Waals surface area contributed by atoms with E-state index in [2.05, 4.69) is 6.58 Å². The Labute approximate surface area is 81.0 Å².